The molecule has 1 aliphatic carbocycles. The van der Waals surface area contributed by atoms with E-state index < -0.39 is 5.82 Å². The van der Waals surface area contributed by atoms with Gasteiger partial charge in [0.2, 0.25) is 0 Å². The molecule has 0 spiro atoms. The lowest BCUT2D eigenvalue weighted by Crippen LogP contribution is -2.45. The van der Waals surface area contributed by atoms with E-state index in [0.717, 1.165) is 37.5 Å². The zero-order valence-corrected chi connectivity index (χ0v) is 11.9. The van der Waals surface area contributed by atoms with Gasteiger partial charge in [-0.25, -0.2) is 4.39 Å². The number of nitrogens with zero attached hydrogens (tertiary/aromatic N) is 1. The number of hydrogen-bond acceptors (Lipinski definition) is 2. The summed E-state index contributed by atoms with van der Waals surface area (Å²) in [6, 6.07) is 5.72. The second-order valence-electron chi connectivity index (χ2n) is 6.00. The Morgan fingerprint density at radius 3 is 2.55 bits per heavy atom. The van der Waals surface area contributed by atoms with Crippen LogP contribution in [0.1, 0.15) is 41.6 Å². The van der Waals surface area contributed by atoms with E-state index in [0.29, 0.717) is 0 Å². The minimum atomic E-state index is -0.432. The third-order valence-corrected chi connectivity index (χ3v) is 4.30. The summed E-state index contributed by atoms with van der Waals surface area (Å²) in [5.41, 5.74) is 0.983. The van der Waals surface area contributed by atoms with Gasteiger partial charge in [-0.05, 0) is 50.3 Å². The summed E-state index contributed by atoms with van der Waals surface area (Å²) in [4.78, 5) is 14.6. The molecule has 1 amide bonds. The first-order valence-corrected chi connectivity index (χ1v) is 7.44. The van der Waals surface area contributed by atoms with Gasteiger partial charge in [-0.3, -0.25) is 4.79 Å². The first-order chi connectivity index (χ1) is 9.63. The third-order valence-electron chi connectivity index (χ3n) is 4.30. The van der Waals surface area contributed by atoms with Crippen LogP contribution in [-0.2, 0) is 0 Å². The van der Waals surface area contributed by atoms with Crippen LogP contribution in [0.5, 0.6) is 0 Å². The van der Waals surface area contributed by atoms with Crippen LogP contribution in [0.3, 0.4) is 0 Å². The van der Waals surface area contributed by atoms with Crippen molar-refractivity contribution in [1.29, 1.82) is 0 Å². The van der Waals surface area contributed by atoms with Gasteiger partial charge in [0.05, 0.1) is 5.56 Å². The first-order valence-electron chi connectivity index (χ1n) is 7.44. The van der Waals surface area contributed by atoms with E-state index in [1.54, 1.807) is 12.1 Å². The van der Waals surface area contributed by atoms with Crippen molar-refractivity contribution in [2.45, 2.75) is 44.7 Å². The molecule has 108 valence electrons. The molecule has 1 heterocycles. The van der Waals surface area contributed by atoms with Crippen molar-refractivity contribution >= 4 is 5.91 Å². The maximum atomic E-state index is 13.8. The summed E-state index contributed by atoms with van der Waals surface area (Å²) in [7, 11) is 0. The fourth-order valence-electron chi connectivity index (χ4n) is 2.92. The van der Waals surface area contributed by atoms with E-state index in [-0.39, 0.29) is 17.5 Å². The van der Waals surface area contributed by atoms with Crippen LogP contribution >= 0.6 is 0 Å². The van der Waals surface area contributed by atoms with Crippen LogP contribution in [-0.4, -0.2) is 36.0 Å². The maximum absolute atomic E-state index is 13.8. The largest absolute Gasteiger partial charge is 0.349 e. The molecule has 4 heteroatoms. The average Bonchev–Trinajstić information content (AvgIpc) is 3.23. The Balaban J connectivity index is 1.56. The van der Waals surface area contributed by atoms with E-state index in [4.69, 9.17) is 0 Å². The second kappa shape index (κ2) is 5.52. The molecule has 0 aromatic heterocycles. The predicted molar refractivity (Wildman–Crippen MR) is 76.2 cm³/mol. The number of amides is 1. The Labute approximate surface area is 119 Å². The van der Waals surface area contributed by atoms with Gasteiger partial charge in [0.25, 0.3) is 5.91 Å². The topological polar surface area (TPSA) is 32.3 Å². The molecule has 3 nitrogen and oxygen atoms in total. The zero-order chi connectivity index (χ0) is 14.1. The van der Waals surface area contributed by atoms with Gasteiger partial charge in [-0.1, -0.05) is 6.07 Å². The molecule has 20 heavy (non-hydrogen) atoms. The lowest BCUT2D eigenvalue weighted by atomic mass is 10.0. The number of carbonyl (C=O) groups excluding carboxylic acids is 1. The normalized spacial score (nSPS) is 20.9. The molecule has 1 aromatic carbocycles. The number of rotatable bonds is 3. The van der Waals surface area contributed by atoms with Crippen molar-refractivity contribution < 1.29 is 9.18 Å². The van der Waals surface area contributed by atoms with Gasteiger partial charge in [-0.15, -0.1) is 0 Å². The van der Waals surface area contributed by atoms with E-state index in [2.05, 4.69) is 10.2 Å². The number of carbonyl (C=O) groups is 1. The summed E-state index contributed by atoms with van der Waals surface area (Å²) in [6.45, 7) is 3.91. The minimum absolute atomic E-state index is 0.153. The lowest BCUT2D eigenvalue weighted by Gasteiger charge is -2.32. The zero-order valence-electron chi connectivity index (χ0n) is 11.9. The van der Waals surface area contributed by atoms with Crippen LogP contribution < -0.4 is 5.32 Å². The van der Waals surface area contributed by atoms with Gasteiger partial charge < -0.3 is 10.2 Å². The molecular formula is C16H21FN2O. The number of halogens is 1. The molecule has 0 bridgehead atoms. The van der Waals surface area contributed by atoms with Crippen LogP contribution in [0.2, 0.25) is 0 Å². The van der Waals surface area contributed by atoms with Crippen molar-refractivity contribution in [3.63, 3.8) is 0 Å². The number of hydrogen-bond donors (Lipinski definition) is 1. The monoisotopic (exact) mass is 276 g/mol. The summed E-state index contributed by atoms with van der Waals surface area (Å²) in [6.07, 6.45) is 4.59. The highest BCUT2D eigenvalue weighted by atomic mass is 19.1. The molecule has 3 rings (SSSR count). The quantitative estimate of drug-likeness (QED) is 0.920. The summed E-state index contributed by atoms with van der Waals surface area (Å²) in [5, 5.41) is 2.97. The van der Waals surface area contributed by atoms with E-state index in [1.165, 1.54) is 18.9 Å². The SMILES string of the molecule is Cc1ccc(C(=O)NC2CCN(C3CC3)CC2)c(F)c1. The maximum Gasteiger partial charge on any atom is 0.254 e. The summed E-state index contributed by atoms with van der Waals surface area (Å²) >= 11 is 0. The third kappa shape index (κ3) is 3.01. The van der Waals surface area contributed by atoms with Crippen LogP contribution in [0, 0.1) is 12.7 Å². The van der Waals surface area contributed by atoms with E-state index in [1.807, 2.05) is 6.92 Å². The first kappa shape index (κ1) is 13.6. The van der Waals surface area contributed by atoms with E-state index >= 15 is 0 Å². The van der Waals surface area contributed by atoms with Gasteiger partial charge in [-0.2, -0.15) is 0 Å². The Morgan fingerprint density at radius 1 is 1.25 bits per heavy atom. The minimum Gasteiger partial charge on any atom is -0.349 e. The molecule has 1 saturated carbocycles. The smallest absolute Gasteiger partial charge is 0.254 e. The number of aryl methyl sites for hydroxylation is 1. The van der Waals surface area contributed by atoms with Crippen LogP contribution in [0.4, 0.5) is 4.39 Å². The Kier molecular flexibility index (Phi) is 3.74. The number of piperidine rings is 1. The molecule has 0 atom stereocenters. The second-order valence-corrected chi connectivity index (χ2v) is 6.00. The van der Waals surface area contributed by atoms with Crippen molar-refractivity contribution in [1.82, 2.24) is 10.2 Å². The summed E-state index contributed by atoms with van der Waals surface area (Å²) in [5.74, 6) is -0.717. The number of benzene rings is 1. The Morgan fingerprint density at radius 2 is 1.95 bits per heavy atom. The van der Waals surface area contributed by atoms with Crippen molar-refractivity contribution in [3.8, 4) is 0 Å². The highest BCUT2D eigenvalue weighted by molar-refractivity contribution is 5.94. The van der Waals surface area contributed by atoms with Crippen molar-refractivity contribution in [2.75, 3.05) is 13.1 Å². The summed E-state index contributed by atoms with van der Waals surface area (Å²) < 4.78 is 13.8. The van der Waals surface area contributed by atoms with Crippen molar-refractivity contribution in [3.05, 3.63) is 35.1 Å². The Bertz CT molecular complexity index is 505. The Hall–Kier alpha value is -1.42. The molecular weight excluding hydrogens is 255 g/mol. The standard InChI is InChI=1S/C16H21FN2O/c1-11-2-5-14(15(17)10-11)16(20)18-12-6-8-19(9-7-12)13-3-4-13/h2,5,10,12-13H,3-4,6-9H2,1H3,(H,18,20). The van der Waals surface area contributed by atoms with Crippen molar-refractivity contribution in [2.24, 2.45) is 0 Å². The molecule has 2 aliphatic rings. The highest BCUT2D eigenvalue weighted by Gasteiger charge is 2.32. The average molecular weight is 276 g/mol. The molecule has 1 aromatic rings. The highest BCUT2D eigenvalue weighted by Crippen LogP contribution is 2.29. The van der Waals surface area contributed by atoms with Crippen LogP contribution in [0.15, 0.2) is 18.2 Å². The van der Waals surface area contributed by atoms with Gasteiger partial charge in [0.1, 0.15) is 5.82 Å². The van der Waals surface area contributed by atoms with Gasteiger partial charge in [0, 0.05) is 25.2 Å². The molecule has 1 N–H and O–H groups in total. The fraction of sp³-hybridized carbons (Fsp3) is 0.562. The van der Waals surface area contributed by atoms with Gasteiger partial charge in [0.15, 0.2) is 0 Å². The fourth-order valence-corrected chi connectivity index (χ4v) is 2.92. The molecule has 0 unspecified atom stereocenters. The predicted octanol–water partition coefficient (Wildman–Crippen LogP) is 2.49. The molecule has 2 fully saturated rings. The van der Waals surface area contributed by atoms with Gasteiger partial charge >= 0.3 is 0 Å². The molecule has 0 radical (unpaired) electrons. The lowest BCUT2D eigenvalue weighted by molar-refractivity contribution is 0.0905. The molecule has 1 saturated heterocycles. The number of likely N-dealkylation sites (tertiary alicyclic amines) is 1. The van der Waals surface area contributed by atoms with E-state index in [9.17, 15) is 9.18 Å². The molecule has 1 aliphatic heterocycles. The number of nitrogens with one attached hydrogen (secondary N) is 1. The van der Waals surface area contributed by atoms with Crippen LogP contribution in [0.25, 0.3) is 0 Å².